The summed E-state index contributed by atoms with van der Waals surface area (Å²) >= 11 is 0. The van der Waals surface area contributed by atoms with Crippen LogP contribution in [0, 0.1) is 0 Å². The Labute approximate surface area is 75.9 Å². The first-order chi connectivity index (χ1) is 5.68. The lowest BCUT2D eigenvalue weighted by Crippen LogP contribution is -2.38. The summed E-state index contributed by atoms with van der Waals surface area (Å²) in [4.78, 5) is 0. The van der Waals surface area contributed by atoms with Crippen LogP contribution in [0.15, 0.2) is 0 Å². The van der Waals surface area contributed by atoms with Crippen LogP contribution in [-0.2, 0) is 0 Å². The predicted molar refractivity (Wildman–Crippen MR) is 53.1 cm³/mol. The maximum absolute atomic E-state index is 5.22. The van der Waals surface area contributed by atoms with Crippen molar-refractivity contribution in [2.24, 2.45) is 5.73 Å². The van der Waals surface area contributed by atoms with Crippen LogP contribution in [0.4, 0.5) is 0 Å². The third-order valence-electron chi connectivity index (χ3n) is 2.47. The lowest BCUT2D eigenvalue weighted by atomic mass is 10.0. The van der Waals surface area contributed by atoms with Crippen LogP contribution < -0.4 is 11.1 Å². The van der Waals surface area contributed by atoms with Crippen molar-refractivity contribution in [2.75, 3.05) is 0 Å². The van der Waals surface area contributed by atoms with Gasteiger partial charge in [0.1, 0.15) is 0 Å². The molecule has 0 aromatic rings. The third-order valence-corrected chi connectivity index (χ3v) is 2.47. The minimum absolute atomic E-state index is 0.583. The summed E-state index contributed by atoms with van der Waals surface area (Å²) in [5.41, 5.74) is 5.22. The molecule has 2 nitrogen and oxygen atoms in total. The zero-order valence-corrected chi connectivity index (χ0v) is 8.34. The van der Waals surface area contributed by atoms with E-state index in [1.165, 1.54) is 32.1 Å². The van der Waals surface area contributed by atoms with Crippen molar-refractivity contribution in [3.63, 3.8) is 0 Å². The van der Waals surface area contributed by atoms with Gasteiger partial charge in [0, 0.05) is 18.1 Å². The van der Waals surface area contributed by atoms with Gasteiger partial charge in [-0.15, -0.1) is 0 Å². The van der Waals surface area contributed by atoms with Crippen LogP contribution in [-0.4, -0.2) is 18.1 Å². The smallest absolute Gasteiger partial charge is 0.00412 e. The summed E-state index contributed by atoms with van der Waals surface area (Å²) in [6.45, 7) is 4.52. The fraction of sp³-hybridized carbons (Fsp3) is 1.00. The molecule has 0 spiro atoms. The Morgan fingerprint density at radius 2 is 1.42 bits per heavy atom. The van der Waals surface area contributed by atoms with E-state index in [4.69, 9.17) is 5.73 Å². The van der Waals surface area contributed by atoms with Gasteiger partial charge in [0.25, 0.3) is 0 Å². The Bertz CT molecular complexity index is 113. The highest BCUT2D eigenvalue weighted by atomic mass is 14.9. The number of hydrogen-bond acceptors (Lipinski definition) is 2. The number of hydrogen-bond donors (Lipinski definition) is 2. The Kier molecular flexibility index (Phi) is 4.02. The molecule has 2 aliphatic rings. The average Bonchev–Trinajstić information content (AvgIpc) is 2.72. The van der Waals surface area contributed by atoms with E-state index in [0.717, 1.165) is 12.1 Å². The topological polar surface area (TPSA) is 38.0 Å². The van der Waals surface area contributed by atoms with Crippen LogP contribution in [0.2, 0.25) is 0 Å². The van der Waals surface area contributed by atoms with Gasteiger partial charge >= 0.3 is 0 Å². The van der Waals surface area contributed by atoms with Gasteiger partial charge in [0.2, 0.25) is 0 Å². The predicted octanol–water partition coefficient (Wildman–Crippen LogP) is 1.64. The Balaban J connectivity index is 0.000000150. The molecule has 72 valence electrons. The Hall–Kier alpha value is -0.0800. The highest BCUT2D eigenvalue weighted by molar-refractivity contribution is 4.75. The Morgan fingerprint density at radius 1 is 1.00 bits per heavy atom. The summed E-state index contributed by atoms with van der Waals surface area (Å²) in [7, 11) is 0. The summed E-state index contributed by atoms with van der Waals surface area (Å²) in [5.74, 6) is 0. The third kappa shape index (κ3) is 4.73. The molecule has 2 rings (SSSR count). The van der Waals surface area contributed by atoms with Crippen molar-refractivity contribution in [1.29, 1.82) is 0 Å². The molecule has 1 aliphatic heterocycles. The molecule has 1 saturated heterocycles. The van der Waals surface area contributed by atoms with E-state index in [-0.39, 0.29) is 0 Å². The largest absolute Gasteiger partial charge is 0.328 e. The second-order valence-corrected chi connectivity index (χ2v) is 4.24. The Morgan fingerprint density at radius 3 is 1.58 bits per heavy atom. The summed E-state index contributed by atoms with van der Waals surface area (Å²) in [5, 5.41) is 3.48. The van der Waals surface area contributed by atoms with E-state index >= 15 is 0 Å². The fourth-order valence-electron chi connectivity index (χ4n) is 1.48. The first-order valence-electron chi connectivity index (χ1n) is 5.20. The molecule has 0 aromatic carbocycles. The monoisotopic (exact) mass is 170 g/mol. The molecule has 1 saturated carbocycles. The average molecular weight is 170 g/mol. The lowest BCUT2D eigenvalue weighted by molar-refractivity contribution is 0.352. The molecule has 0 amide bonds. The molecule has 0 bridgehead atoms. The second-order valence-electron chi connectivity index (χ2n) is 4.24. The highest BCUT2D eigenvalue weighted by Gasteiger charge is 2.13. The van der Waals surface area contributed by atoms with Crippen molar-refractivity contribution in [3.8, 4) is 0 Å². The number of piperidine rings is 1. The minimum Gasteiger partial charge on any atom is -0.328 e. The van der Waals surface area contributed by atoms with Crippen molar-refractivity contribution in [2.45, 2.75) is 64.1 Å². The summed E-state index contributed by atoms with van der Waals surface area (Å²) < 4.78 is 0. The van der Waals surface area contributed by atoms with E-state index in [9.17, 15) is 0 Å². The first-order valence-corrected chi connectivity index (χ1v) is 5.20. The SMILES string of the molecule is C[C@@H]1CCC[C@H](C)N1.NC1CC1. The molecule has 2 fully saturated rings. The van der Waals surface area contributed by atoms with Crippen molar-refractivity contribution >= 4 is 0 Å². The van der Waals surface area contributed by atoms with Gasteiger partial charge < -0.3 is 11.1 Å². The fourth-order valence-corrected chi connectivity index (χ4v) is 1.48. The summed E-state index contributed by atoms with van der Waals surface area (Å²) in [6.07, 6.45) is 6.67. The molecule has 2 heteroatoms. The molecule has 12 heavy (non-hydrogen) atoms. The maximum Gasteiger partial charge on any atom is 0.00412 e. The highest BCUT2D eigenvalue weighted by Crippen LogP contribution is 2.13. The zero-order valence-electron chi connectivity index (χ0n) is 8.34. The minimum atomic E-state index is 0.583. The molecule has 3 N–H and O–H groups in total. The van der Waals surface area contributed by atoms with Crippen LogP contribution in [0.3, 0.4) is 0 Å². The number of rotatable bonds is 0. The van der Waals surface area contributed by atoms with Crippen LogP contribution >= 0.6 is 0 Å². The van der Waals surface area contributed by atoms with Gasteiger partial charge in [-0.3, -0.25) is 0 Å². The van der Waals surface area contributed by atoms with Gasteiger partial charge in [0.15, 0.2) is 0 Å². The van der Waals surface area contributed by atoms with Crippen LogP contribution in [0.5, 0.6) is 0 Å². The van der Waals surface area contributed by atoms with Crippen molar-refractivity contribution in [1.82, 2.24) is 5.32 Å². The zero-order chi connectivity index (χ0) is 8.97. The molecule has 1 aliphatic carbocycles. The normalized spacial score (nSPS) is 35.2. The van der Waals surface area contributed by atoms with Gasteiger partial charge in [-0.05, 0) is 39.5 Å². The molecule has 1 heterocycles. The van der Waals surface area contributed by atoms with E-state index < -0.39 is 0 Å². The van der Waals surface area contributed by atoms with Gasteiger partial charge in [-0.1, -0.05) is 6.42 Å². The van der Waals surface area contributed by atoms with E-state index in [2.05, 4.69) is 19.2 Å². The van der Waals surface area contributed by atoms with Crippen molar-refractivity contribution < 1.29 is 0 Å². The molecular formula is C10H22N2. The van der Waals surface area contributed by atoms with Crippen LogP contribution in [0.25, 0.3) is 0 Å². The lowest BCUT2D eigenvalue weighted by Gasteiger charge is -2.25. The number of nitrogens with two attached hydrogens (primary N) is 1. The van der Waals surface area contributed by atoms with E-state index in [0.29, 0.717) is 6.04 Å². The molecule has 2 atom stereocenters. The van der Waals surface area contributed by atoms with E-state index in [1.54, 1.807) is 0 Å². The molecule has 0 unspecified atom stereocenters. The standard InChI is InChI=1S/C7H15N.C3H7N/c1-6-4-3-5-7(2)8-6;4-3-1-2-3/h6-8H,3-5H2,1-2H3;3H,1-2,4H2/t6-,7+;. The second kappa shape index (κ2) is 4.83. The molecule has 0 aromatic heterocycles. The van der Waals surface area contributed by atoms with Gasteiger partial charge in [-0.2, -0.15) is 0 Å². The number of nitrogens with one attached hydrogen (secondary N) is 1. The van der Waals surface area contributed by atoms with E-state index in [1.807, 2.05) is 0 Å². The maximum atomic E-state index is 5.22. The van der Waals surface area contributed by atoms with Crippen LogP contribution in [0.1, 0.15) is 46.0 Å². The first kappa shape index (κ1) is 10.0. The van der Waals surface area contributed by atoms with Crippen molar-refractivity contribution in [3.05, 3.63) is 0 Å². The quantitative estimate of drug-likeness (QED) is 0.580. The molecular weight excluding hydrogens is 148 g/mol. The van der Waals surface area contributed by atoms with Gasteiger partial charge in [0.05, 0.1) is 0 Å². The summed E-state index contributed by atoms with van der Waals surface area (Å²) in [6, 6.07) is 2.11. The van der Waals surface area contributed by atoms with Gasteiger partial charge in [-0.25, -0.2) is 0 Å². The molecule has 0 radical (unpaired) electrons.